The summed E-state index contributed by atoms with van der Waals surface area (Å²) in [5.74, 6) is -0.181. The van der Waals surface area contributed by atoms with Crippen LogP contribution in [0.25, 0.3) is 0 Å². The molecule has 1 saturated carbocycles. The third kappa shape index (κ3) is 2.45. The van der Waals surface area contributed by atoms with Crippen molar-refractivity contribution in [3.05, 3.63) is 23.3 Å². The van der Waals surface area contributed by atoms with Gasteiger partial charge in [-0.25, -0.2) is 0 Å². The highest BCUT2D eigenvalue weighted by Gasteiger charge is 2.80. The summed E-state index contributed by atoms with van der Waals surface area (Å²) in [5, 5.41) is 23.3. The Morgan fingerprint density at radius 3 is 2.51 bits per heavy atom. The predicted octanol–water partition coefficient (Wildman–Crippen LogP) is 4.90. The molecule has 4 saturated heterocycles. The third-order valence-electron chi connectivity index (χ3n) is 12.4. The summed E-state index contributed by atoms with van der Waals surface area (Å²) in [6.07, 6.45) is 9.89. The predicted molar refractivity (Wildman–Crippen MR) is 132 cm³/mol. The van der Waals surface area contributed by atoms with Crippen molar-refractivity contribution in [3.63, 3.8) is 0 Å². The minimum absolute atomic E-state index is 0.0572. The molecule has 0 amide bonds. The maximum absolute atomic E-state index is 12.4. The average Bonchev–Trinajstić information content (AvgIpc) is 3.36. The molecule has 0 aromatic heterocycles. The van der Waals surface area contributed by atoms with E-state index in [1.54, 1.807) is 13.8 Å². The van der Waals surface area contributed by atoms with Gasteiger partial charge in [0.25, 0.3) is 0 Å². The van der Waals surface area contributed by atoms with Crippen molar-refractivity contribution >= 4 is 0 Å². The van der Waals surface area contributed by atoms with Gasteiger partial charge in [0.05, 0.1) is 23.4 Å². The number of fused-ring (bicyclic) bond motifs is 6. The number of rotatable bonds is 1. The van der Waals surface area contributed by atoms with Crippen LogP contribution in [0.2, 0.25) is 0 Å². The molecule has 35 heavy (non-hydrogen) atoms. The van der Waals surface area contributed by atoms with E-state index in [1.807, 2.05) is 0 Å². The molecule has 0 aromatic carbocycles. The quantitative estimate of drug-likeness (QED) is 0.554. The summed E-state index contributed by atoms with van der Waals surface area (Å²) in [4.78, 5) is 0. The molecular weight excluding hydrogens is 440 g/mol. The fourth-order valence-corrected chi connectivity index (χ4v) is 10.7. The maximum atomic E-state index is 12.4. The van der Waals surface area contributed by atoms with Crippen LogP contribution in [0.4, 0.5) is 0 Å². The molecule has 2 N–H and O–H groups in total. The van der Waals surface area contributed by atoms with Crippen molar-refractivity contribution in [2.24, 2.45) is 34.0 Å². The van der Waals surface area contributed by atoms with Crippen LogP contribution < -0.4 is 0 Å². The molecule has 2 spiro atoms. The molecule has 0 aromatic rings. The Balaban J connectivity index is 1.35. The van der Waals surface area contributed by atoms with Crippen LogP contribution in [0.5, 0.6) is 0 Å². The second-order valence-corrected chi connectivity index (χ2v) is 14.8. The third-order valence-corrected chi connectivity index (χ3v) is 12.4. The van der Waals surface area contributed by atoms with Crippen LogP contribution >= 0.6 is 0 Å². The smallest absolute Gasteiger partial charge is 0.199 e. The van der Waals surface area contributed by atoms with E-state index in [2.05, 4.69) is 46.8 Å². The molecule has 5 nitrogen and oxygen atoms in total. The average molecular weight is 485 g/mol. The van der Waals surface area contributed by atoms with Gasteiger partial charge in [-0.15, -0.1) is 0 Å². The molecule has 1 unspecified atom stereocenters. The zero-order valence-corrected chi connectivity index (χ0v) is 22.6. The van der Waals surface area contributed by atoms with Gasteiger partial charge in [0.1, 0.15) is 12.2 Å². The highest BCUT2D eigenvalue weighted by molar-refractivity contribution is 5.49. The van der Waals surface area contributed by atoms with E-state index in [1.165, 1.54) is 11.1 Å². The highest BCUT2D eigenvalue weighted by Crippen LogP contribution is 2.75. The number of ether oxygens (including phenoxy) is 3. The van der Waals surface area contributed by atoms with Crippen LogP contribution in [0, 0.1) is 34.0 Å². The minimum Gasteiger partial charge on any atom is -0.388 e. The Morgan fingerprint density at radius 2 is 1.80 bits per heavy atom. The Bertz CT molecular complexity index is 1040. The number of aliphatic hydroxyl groups excluding tert-OH is 1. The first-order valence-electron chi connectivity index (χ1n) is 14.0. The topological polar surface area (TPSA) is 68.2 Å². The van der Waals surface area contributed by atoms with Gasteiger partial charge in [0, 0.05) is 17.8 Å². The summed E-state index contributed by atoms with van der Waals surface area (Å²) < 4.78 is 20.2. The van der Waals surface area contributed by atoms with Crippen molar-refractivity contribution in [2.45, 2.75) is 128 Å². The Hall–Kier alpha value is -0.720. The summed E-state index contributed by atoms with van der Waals surface area (Å²) in [7, 11) is 0. The van der Waals surface area contributed by atoms with Gasteiger partial charge >= 0.3 is 0 Å². The van der Waals surface area contributed by atoms with Gasteiger partial charge in [-0.05, 0) is 79.8 Å². The molecule has 7 aliphatic rings. The first kappa shape index (κ1) is 23.4. The summed E-state index contributed by atoms with van der Waals surface area (Å²) in [5.41, 5.74) is 1.07. The molecule has 4 heterocycles. The van der Waals surface area contributed by atoms with Crippen LogP contribution in [0.1, 0.15) is 87.0 Å². The standard InChI is InChI=1S/C30H44O5/c1-16-14-19-23(26(4,5)32)35-30(33-19)22(16)27(6)12-10-17-15-29-13-11-21(34-29)25(2,3)20(29)9-8-18(17)28(27,7)24(30)31/h8,10,16,19-24,31-32H,9,11-15H2,1-7H3/t16-,19?,20+,21+,22-,23-,24-,27-,28-,29-,30+/m1/s1. The molecule has 4 aliphatic heterocycles. The zero-order valence-electron chi connectivity index (χ0n) is 22.6. The van der Waals surface area contributed by atoms with Crippen LogP contribution in [-0.2, 0) is 14.2 Å². The zero-order chi connectivity index (χ0) is 25.0. The summed E-state index contributed by atoms with van der Waals surface area (Å²) in [6, 6.07) is 0. The molecule has 194 valence electrons. The van der Waals surface area contributed by atoms with E-state index in [0.717, 1.165) is 38.5 Å². The lowest BCUT2D eigenvalue weighted by atomic mass is 9.52. The SMILES string of the molecule is C[C@@H]1CC2O[C@]3(O[C@H]2C(C)(C)O)[C@H]1[C@@]1(C)CC=C2C[C@@]45CC[C@H](O4)C(C)(C)[C@@H]5CC=C2[C@]1(C)[C@H]3O. The van der Waals surface area contributed by atoms with Gasteiger partial charge in [0.15, 0.2) is 5.79 Å². The lowest BCUT2D eigenvalue weighted by Crippen LogP contribution is -2.52. The number of hydrogen-bond acceptors (Lipinski definition) is 5. The molecule has 11 atom stereocenters. The van der Waals surface area contributed by atoms with Gasteiger partial charge in [0.2, 0.25) is 0 Å². The van der Waals surface area contributed by atoms with Crippen LogP contribution in [0.15, 0.2) is 23.3 Å². The van der Waals surface area contributed by atoms with Gasteiger partial charge in [-0.2, -0.15) is 0 Å². The maximum Gasteiger partial charge on any atom is 0.199 e. The lowest BCUT2D eigenvalue weighted by molar-refractivity contribution is -0.279. The number of allylic oxidation sites excluding steroid dienone is 2. The van der Waals surface area contributed by atoms with Crippen molar-refractivity contribution < 1.29 is 24.4 Å². The van der Waals surface area contributed by atoms with Crippen molar-refractivity contribution in [2.75, 3.05) is 0 Å². The molecular formula is C30H44O5. The Labute approximate surface area is 210 Å². The first-order chi connectivity index (χ1) is 16.2. The second kappa shape index (κ2) is 6.46. The van der Waals surface area contributed by atoms with Crippen molar-refractivity contribution in [1.82, 2.24) is 0 Å². The monoisotopic (exact) mass is 484 g/mol. The van der Waals surface area contributed by atoms with Gasteiger partial charge in [-0.1, -0.05) is 46.8 Å². The van der Waals surface area contributed by atoms with E-state index in [-0.39, 0.29) is 28.5 Å². The van der Waals surface area contributed by atoms with E-state index in [0.29, 0.717) is 17.9 Å². The molecule has 5 heteroatoms. The van der Waals surface area contributed by atoms with Crippen molar-refractivity contribution in [3.8, 4) is 0 Å². The molecule has 7 rings (SSSR count). The van der Waals surface area contributed by atoms with Gasteiger partial charge < -0.3 is 24.4 Å². The fraction of sp³-hybridized carbons (Fsp3) is 0.867. The fourth-order valence-electron chi connectivity index (χ4n) is 10.7. The molecule has 4 bridgehead atoms. The molecule has 3 aliphatic carbocycles. The van der Waals surface area contributed by atoms with Gasteiger partial charge in [-0.3, -0.25) is 0 Å². The highest BCUT2D eigenvalue weighted by atomic mass is 16.8. The second-order valence-electron chi connectivity index (χ2n) is 14.8. The molecule has 0 radical (unpaired) electrons. The van der Waals surface area contributed by atoms with Crippen LogP contribution in [0.3, 0.4) is 0 Å². The Morgan fingerprint density at radius 1 is 1.06 bits per heavy atom. The number of aliphatic hydroxyl groups is 2. The first-order valence-corrected chi connectivity index (χ1v) is 14.0. The lowest BCUT2D eigenvalue weighted by Gasteiger charge is -2.51. The molecule has 5 fully saturated rings. The minimum atomic E-state index is -1.07. The summed E-state index contributed by atoms with van der Waals surface area (Å²) >= 11 is 0. The number of hydrogen-bond donors (Lipinski definition) is 2. The van der Waals surface area contributed by atoms with E-state index in [9.17, 15) is 10.2 Å². The van der Waals surface area contributed by atoms with Crippen molar-refractivity contribution in [1.29, 1.82) is 0 Å². The largest absolute Gasteiger partial charge is 0.388 e. The van der Waals surface area contributed by atoms with Crippen LogP contribution in [-0.4, -0.2) is 51.6 Å². The van der Waals surface area contributed by atoms with E-state index in [4.69, 9.17) is 14.2 Å². The van der Waals surface area contributed by atoms with E-state index < -0.39 is 29.0 Å². The summed E-state index contributed by atoms with van der Waals surface area (Å²) in [6.45, 7) is 15.3. The van der Waals surface area contributed by atoms with E-state index >= 15 is 0 Å². The normalized spacial score (nSPS) is 57.6. The Kier molecular flexibility index (Phi) is 4.32.